The van der Waals surface area contributed by atoms with Gasteiger partial charge in [0.2, 0.25) is 0 Å². The molecule has 0 bridgehead atoms. The van der Waals surface area contributed by atoms with Gasteiger partial charge in [-0.1, -0.05) is 17.3 Å². The minimum atomic E-state index is -0.230. The van der Waals surface area contributed by atoms with Crippen molar-refractivity contribution in [2.45, 2.75) is 38.0 Å². The molecule has 5 heteroatoms. The third kappa shape index (κ3) is 3.74. The molecule has 1 amide bonds. The van der Waals surface area contributed by atoms with Gasteiger partial charge in [-0.25, -0.2) is 0 Å². The molecule has 5 nitrogen and oxygen atoms in total. The molecule has 3 rings (SSSR count). The summed E-state index contributed by atoms with van der Waals surface area (Å²) >= 11 is 0. The summed E-state index contributed by atoms with van der Waals surface area (Å²) in [6, 6.07) is 9.64. The molecular weight excluding hydrogens is 278 g/mol. The van der Waals surface area contributed by atoms with Crippen LogP contribution in [0.1, 0.15) is 53.4 Å². The van der Waals surface area contributed by atoms with E-state index in [4.69, 9.17) is 10.3 Å². The van der Waals surface area contributed by atoms with E-state index in [-0.39, 0.29) is 5.91 Å². The monoisotopic (exact) mass is 299 g/mol. The predicted molar refractivity (Wildman–Crippen MR) is 84.9 cm³/mol. The highest BCUT2D eigenvalue weighted by Crippen LogP contribution is 2.40. The number of carbonyl (C=O) groups is 1. The number of aryl methyl sites for hydroxylation is 1. The van der Waals surface area contributed by atoms with Crippen LogP contribution in [0.5, 0.6) is 0 Å². The summed E-state index contributed by atoms with van der Waals surface area (Å²) in [5.74, 6) is 1.05. The molecule has 0 aliphatic heterocycles. The first-order valence-corrected chi connectivity index (χ1v) is 7.83. The average molecular weight is 299 g/mol. The Kier molecular flexibility index (Phi) is 4.53. The summed E-state index contributed by atoms with van der Waals surface area (Å²) < 4.78 is 5.20. The number of nitrogens with zero attached hydrogens (tertiary/aromatic N) is 1. The van der Waals surface area contributed by atoms with E-state index in [1.165, 1.54) is 5.56 Å². The van der Waals surface area contributed by atoms with Gasteiger partial charge in [0.05, 0.1) is 0 Å². The van der Waals surface area contributed by atoms with Crippen LogP contribution in [0, 0.1) is 0 Å². The van der Waals surface area contributed by atoms with Gasteiger partial charge in [-0.05, 0) is 56.3 Å². The van der Waals surface area contributed by atoms with E-state index < -0.39 is 0 Å². The third-order valence-corrected chi connectivity index (χ3v) is 3.87. The Morgan fingerprint density at radius 1 is 1.27 bits per heavy atom. The summed E-state index contributed by atoms with van der Waals surface area (Å²) in [4.78, 5) is 12.1. The zero-order valence-electron chi connectivity index (χ0n) is 12.5. The van der Waals surface area contributed by atoms with Crippen molar-refractivity contribution >= 4 is 11.6 Å². The zero-order valence-corrected chi connectivity index (χ0v) is 12.5. The summed E-state index contributed by atoms with van der Waals surface area (Å²) in [7, 11) is 0. The SMILES string of the molecule is NCCCCc1ccc(NC(=O)c2cc(C3CC3)on2)cc1. The molecule has 0 saturated heterocycles. The van der Waals surface area contributed by atoms with E-state index in [2.05, 4.69) is 10.5 Å². The Balaban J connectivity index is 1.56. The number of anilines is 1. The molecule has 1 aliphatic rings. The number of unbranched alkanes of at least 4 members (excludes halogenated alkanes) is 1. The van der Waals surface area contributed by atoms with Crippen LogP contribution >= 0.6 is 0 Å². The lowest BCUT2D eigenvalue weighted by Crippen LogP contribution is -2.12. The first-order valence-electron chi connectivity index (χ1n) is 7.83. The lowest BCUT2D eigenvalue weighted by Gasteiger charge is -2.05. The highest BCUT2D eigenvalue weighted by Gasteiger charge is 2.28. The molecule has 2 aromatic rings. The standard InChI is InChI=1S/C17H21N3O2/c18-10-2-1-3-12-4-8-14(9-5-12)19-17(21)15-11-16(22-20-15)13-6-7-13/h4-5,8-9,11,13H,1-3,6-7,10,18H2,(H,19,21). The number of aromatic nitrogens is 1. The first kappa shape index (κ1) is 14.8. The van der Waals surface area contributed by atoms with Gasteiger partial charge in [0, 0.05) is 17.7 Å². The number of carbonyl (C=O) groups excluding carboxylic acids is 1. The Morgan fingerprint density at radius 3 is 2.73 bits per heavy atom. The second-order valence-corrected chi connectivity index (χ2v) is 5.79. The number of benzene rings is 1. The Labute approximate surface area is 129 Å². The van der Waals surface area contributed by atoms with Crippen molar-refractivity contribution in [3.63, 3.8) is 0 Å². The van der Waals surface area contributed by atoms with E-state index in [0.29, 0.717) is 11.6 Å². The normalized spacial score (nSPS) is 14.0. The lowest BCUT2D eigenvalue weighted by molar-refractivity contribution is 0.101. The maximum Gasteiger partial charge on any atom is 0.277 e. The minimum Gasteiger partial charge on any atom is -0.360 e. The van der Waals surface area contributed by atoms with Gasteiger partial charge < -0.3 is 15.6 Å². The number of amides is 1. The fourth-order valence-electron chi connectivity index (χ4n) is 2.38. The first-order chi connectivity index (χ1) is 10.8. The van der Waals surface area contributed by atoms with Crippen molar-refractivity contribution in [2.75, 3.05) is 11.9 Å². The summed E-state index contributed by atoms with van der Waals surface area (Å²) in [5.41, 5.74) is 7.85. The molecule has 22 heavy (non-hydrogen) atoms. The summed E-state index contributed by atoms with van der Waals surface area (Å²) in [6.07, 6.45) is 5.39. The largest absolute Gasteiger partial charge is 0.360 e. The fourth-order valence-corrected chi connectivity index (χ4v) is 2.38. The number of hydrogen-bond acceptors (Lipinski definition) is 4. The molecule has 1 fully saturated rings. The molecule has 0 spiro atoms. The Bertz CT molecular complexity index is 630. The molecule has 0 atom stereocenters. The van der Waals surface area contributed by atoms with Crippen LogP contribution in [-0.2, 0) is 6.42 Å². The van der Waals surface area contributed by atoms with Crippen molar-refractivity contribution in [1.29, 1.82) is 0 Å². The van der Waals surface area contributed by atoms with Gasteiger partial charge >= 0.3 is 0 Å². The van der Waals surface area contributed by atoms with Crippen LogP contribution in [0.25, 0.3) is 0 Å². The molecule has 1 saturated carbocycles. The van der Waals surface area contributed by atoms with E-state index in [1.54, 1.807) is 6.07 Å². The molecule has 116 valence electrons. The van der Waals surface area contributed by atoms with Crippen molar-refractivity contribution in [3.8, 4) is 0 Å². The van der Waals surface area contributed by atoms with Gasteiger partial charge in [0.25, 0.3) is 5.91 Å². The lowest BCUT2D eigenvalue weighted by atomic mass is 10.1. The quantitative estimate of drug-likeness (QED) is 0.770. The molecule has 1 heterocycles. The minimum absolute atomic E-state index is 0.230. The number of nitrogens with one attached hydrogen (secondary N) is 1. The van der Waals surface area contributed by atoms with Crippen LogP contribution in [0.4, 0.5) is 5.69 Å². The van der Waals surface area contributed by atoms with Gasteiger partial charge in [0.15, 0.2) is 5.69 Å². The third-order valence-electron chi connectivity index (χ3n) is 3.87. The topological polar surface area (TPSA) is 81.1 Å². The van der Waals surface area contributed by atoms with Gasteiger partial charge in [-0.15, -0.1) is 0 Å². The molecule has 1 aromatic carbocycles. The highest BCUT2D eigenvalue weighted by atomic mass is 16.5. The van der Waals surface area contributed by atoms with Crippen LogP contribution in [0.3, 0.4) is 0 Å². The van der Waals surface area contributed by atoms with Gasteiger partial charge in [-0.3, -0.25) is 4.79 Å². The number of hydrogen-bond donors (Lipinski definition) is 2. The highest BCUT2D eigenvalue weighted by molar-refractivity contribution is 6.02. The molecule has 3 N–H and O–H groups in total. The van der Waals surface area contributed by atoms with Crippen molar-refractivity contribution in [3.05, 3.63) is 47.3 Å². The van der Waals surface area contributed by atoms with Gasteiger partial charge in [0.1, 0.15) is 5.76 Å². The van der Waals surface area contributed by atoms with Crippen LogP contribution in [0.15, 0.2) is 34.9 Å². The van der Waals surface area contributed by atoms with Crippen molar-refractivity contribution in [1.82, 2.24) is 5.16 Å². The second kappa shape index (κ2) is 6.75. The average Bonchev–Trinajstić information content (AvgIpc) is 3.26. The molecular formula is C17H21N3O2. The molecule has 1 aromatic heterocycles. The molecule has 0 radical (unpaired) electrons. The van der Waals surface area contributed by atoms with Crippen molar-refractivity contribution < 1.29 is 9.32 Å². The molecule has 1 aliphatic carbocycles. The Hall–Kier alpha value is -2.14. The van der Waals surface area contributed by atoms with Crippen LogP contribution in [-0.4, -0.2) is 17.6 Å². The predicted octanol–water partition coefficient (Wildman–Crippen LogP) is 3.09. The van der Waals surface area contributed by atoms with E-state index in [1.807, 2.05) is 24.3 Å². The molecule has 0 unspecified atom stereocenters. The van der Waals surface area contributed by atoms with Crippen LogP contribution in [0.2, 0.25) is 0 Å². The summed E-state index contributed by atoms with van der Waals surface area (Å²) in [6.45, 7) is 0.731. The smallest absolute Gasteiger partial charge is 0.277 e. The van der Waals surface area contributed by atoms with E-state index >= 15 is 0 Å². The number of rotatable bonds is 7. The van der Waals surface area contributed by atoms with Crippen LogP contribution < -0.4 is 11.1 Å². The maximum atomic E-state index is 12.1. The van der Waals surface area contributed by atoms with E-state index in [0.717, 1.165) is 50.1 Å². The maximum absolute atomic E-state index is 12.1. The van der Waals surface area contributed by atoms with Gasteiger partial charge in [-0.2, -0.15) is 0 Å². The zero-order chi connectivity index (χ0) is 15.4. The fraction of sp³-hybridized carbons (Fsp3) is 0.412. The number of nitrogens with two attached hydrogens (primary N) is 1. The summed E-state index contributed by atoms with van der Waals surface area (Å²) in [5, 5.41) is 6.69. The Morgan fingerprint density at radius 2 is 2.05 bits per heavy atom. The second-order valence-electron chi connectivity index (χ2n) is 5.79. The van der Waals surface area contributed by atoms with Crippen molar-refractivity contribution in [2.24, 2.45) is 5.73 Å². The van der Waals surface area contributed by atoms with E-state index in [9.17, 15) is 4.79 Å².